The Morgan fingerprint density at radius 3 is 2.94 bits per heavy atom. The lowest BCUT2D eigenvalue weighted by Crippen LogP contribution is -2.24. The van der Waals surface area contributed by atoms with Crippen molar-refractivity contribution in [1.82, 2.24) is 10.3 Å². The Labute approximate surface area is 111 Å². The number of rotatable bonds is 6. The van der Waals surface area contributed by atoms with Gasteiger partial charge in [-0.05, 0) is 19.3 Å². The molecule has 0 atom stereocenters. The summed E-state index contributed by atoms with van der Waals surface area (Å²) >= 11 is 1.35. The zero-order chi connectivity index (χ0) is 13.1. The maximum absolute atomic E-state index is 12.0. The minimum absolute atomic E-state index is 0.0959. The highest BCUT2D eigenvalue weighted by Crippen LogP contribution is 2.32. The monoisotopic (exact) mass is 268 g/mol. The van der Waals surface area contributed by atoms with E-state index < -0.39 is 0 Å². The number of amides is 1. The molecule has 6 heteroatoms. The van der Waals surface area contributed by atoms with Crippen LogP contribution in [0.1, 0.15) is 35.9 Å². The fourth-order valence-electron chi connectivity index (χ4n) is 1.66. The fraction of sp³-hybridized carbons (Fsp3) is 0.667. The molecule has 1 aliphatic rings. The second kappa shape index (κ2) is 5.56. The number of carbonyl (C=O) groups is 1. The third kappa shape index (κ3) is 3.13. The summed E-state index contributed by atoms with van der Waals surface area (Å²) in [6, 6.07) is 0. The first-order valence-electron chi connectivity index (χ1n) is 6.37. The number of nitrogen functional groups attached to an aromatic ring is 1. The maximum atomic E-state index is 12.0. The topological polar surface area (TPSA) is 71.2 Å². The zero-order valence-corrected chi connectivity index (χ0v) is 11.7. The van der Waals surface area contributed by atoms with E-state index in [9.17, 15) is 4.79 Å². The maximum Gasteiger partial charge on any atom is 0.265 e. The van der Waals surface area contributed by atoms with Crippen molar-refractivity contribution in [3.05, 3.63) is 4.88 Å². The summed E-state index contributed by atoms with van der Waals surface area (Å²) in [7, 11) is 1.94. The fourth-order valence-corrected chi connectivity index (χ4v) is 2.58. The number of carbonyl (C=O) groups excluding carboxylic acids is 1. The molecular formula is C12H20N4OS. The van der Waals surface area contributed by atoms with Crippen molar-refractivity contribution in [2.45, 2.75) is 26.2 Å². The van der Waals surface area contributed by atoms with Gasteiger partial charge in [0.05, 0.1) is 0 Å². The van der Waals surface area contributed by atoms with Crippen molar-refractivity contribution >= 4 is 28.2 Å². The van der Waals surface area contributed by atoms with Crippen molar-refractivity contribution in [3.8, 4) is 0 Å². The molecule has 2 rings (SSSR count). The first-order chi connectivity index (χ1) is 8.61. The minimum atomic E-state index is -0.0959. The summed E-state index contributed by atoms with van der Waals surface area (Å²) in [5, 5.41) is 3.71. The molecular weight excluding hydrogens is 248 g/mol. The van der Waals surface area contributed by atoms with Crippen LogP contribution in [-0.2, 0) is 0 Å². The summed E-state index contributed by atoms with van der Waals surface area (Å²) in [5.74, 6) is 1.06. The zero-order valence-electron chi connectivity index (χ0n) is 10.9. The standard InChI is InChI=1S/C12H20N4OS/c1-3-16(2)12-15-10(13)9(18-12)11(17)14-7-6-8-4-5-8/h8H,3-7,13H2,1-2H3,(H,14,17). The largest absolute Gasteiger partial charge is 0.382 e. The van der Waals surface area contributed by atoms with Crippen LogP contribution in [0.5, 0.6) is 0 Å². The van der Waals surface area contributed by atoms with E-state index in [1.54, 1.807) is 0 Å². The van der Waals surface area contributed by atoms with Crippen LogP contribution in [0, 0.1) is 5.92 Å². The predicted molar refractivity (Wildman–Crippen MR) is 75.1 cm³/mol. The second-order valence-electron chi connectivity index (χ2n) is 4.71. The predicted octanol–water partition coefficient (Wildman–Crippen LogP) is 1.71. The smallest absolute Gasteiger partial charge is 0.265 e. The molecule has 0 radical (unpaired) electrons. The van der Waals surface area contributed by atoms with E-state index in [4.69, 9.17) is 5.73 Å². The van der Waals surface area contributed by atoms with Crippen LogP contribution < -0.4 is 16.0 Å². The van der Waals surface area contributed by atoms with E-state index >= 15 is 0 Å². The van der Waals surface area contributed by atoms with E-state index in [1.807, 2.05) is 18.9 Å². The first kappa shape index (κ1) is 13.1. The van der Waals surface area contributed by atoms with Crippen molar-refractivity contribution in [2.75, 3.05) is 30.8 Å². The molecule has 3 N–H and O–H groups in total. The second-order valence-corrected chi connectivity index (χ2v) is 5.69. The molecule has 1 fully saturated rings. The number of thiazole rings is 1. The van der Waals surface area contributed by atoms with Gasteiger partial charge in [0.1, 0.15) is 10.7 Å². The molecule has 1 aliphatic carbocycles. The number of nitrogens with zero attached hydrogens (tertiary/aromatic N) is 2. The lowest BCUT2D eigenvalue weighted by Gasteiger charge is -2.10. The third-order valence-corrected chi connectivity index (χ3v) is 4.37. The number of nitrogens with one attached hydrogen (secondary N) is 1. The van der Waals surface area contributed by atoms with Gasteiger partial charge in [0.2, 0.25) is 0 Å². The Hall–Kier alpha value is -1.30. The van der Waals surface area contributed by atoms with Crippen molar-refractivity contribution in [2.24, 2.45) is 5.92 Å². The highest BCUT2D eigenvalue weighted by Gasteiger charge is 2.22. The minimum Gasteiger partial charge on any atom is -0.382 e. The number of nitrogens with two attached hydrogens (primary N) is 1. The van der Waals surface area contributed by atoms with Crippen LogP contribution in [0.15, 0.2) is 0 Å². The molecule has 1 aromatic heterocycles. The lowest BCUT2D eigenvalue weighted by atomic mass is 10.3. The first-order valence-corrected chi connectivity index (χ1v) is 7.19. The molecule has 1 aromatic rings. The molecule has 5 nitrogen and oxygen atoms in total. The van der Waals surface area contributed by atoms with Crippen LogP contribution in [0.2, 0.25) is 0 Å². The van der Waals surface area contributed by atoms with Gasteiger partial charge in [-0.25, -0.2) is 4.98 Å². The third-order valence-electron chi connectivity index (χ3n) is 3.18. The molecule has 1 heterocycles. The lowest BCUT2D eigenvalue weighted by molar-refractivity contribution is 0.0957. The van der Waals surface area contributed by atoms with Crippen LogP contribution in [0.3, 0.4) is 0 Å². The molecule has 1 amide bonds. The van der Waals surface area contributed by atoms with Gasteiger partial charge >= 0.3 is 0 Å². The summed E-state index contributed by atoms with van der Waals surface area (Å²) in [4.78, 5) is 18.7. The Morgan fingerprint density at radius 1 is 1.61 bits per heavy atom. The average Bonchev–Trinajstić information content (AvgIpc) is 3.09. The number of aromatic nitrogens is 1. The van der Waals surface area contributed by atoms with E-state index in [2.05, 4.69) is 10.3 Å². The summed E-state index contributed by atoms with van der Waals surface area (Å²) in [6.45, 7) is 3.61. The highest BCUT2D eigenvalue weighted by atomic mass is 32.1. The number of hydrogen-bond donors (Lipinski definition) is 2. The quantitative estimate of drug-likeness (QED) is 0.824. The Morgan fingerprint density at radius 2 is 2.33 bits per heavy atom. The van der Waals surface area contributed by atoms with Gasteiger partial charge in [-0.3, -0.25) is 4.79 Å². The van der Waals surface area contributed by atoms with Gasteiger partial charge in [0, 0.05) is 20.1 Å². The highest BCUT2D eigenvalue weighted by molar-refractivity contribution is 7.18. The van der Waals surface area contributed by atoms with Crippen molar-refractivity contribution in [3.63, 3.8) is 0 Å². The van der Waals surface area contributed by atoms with Crippen LogP contribution in [0.25, 0.3) is 0 Å². The molecule has 0 aromatic carbocycles. The number of anilines is 2. The van der Waals surface area contributed by atoms with E-state index in [1.165, 1.54) is 24.2 Å². The molecule has 0 spiro atoms. The molecule has 100 valence electrons. The SMILES string of the molecule is CCN(C)c1nc(N)c(C(=O)NCCC2CC2)s1. The molecule has 0 unspecified atom stereocenters. The Bertz CT molecular complexity index is 428. The summed E-state index contributed by atoms with van der Waals surface area (Å²) < 4.78 is 0. The van der Waals surface area contributed by atoms with Gasteiger partial charge < -0.3 is 16.0 Å². The van der Waals surface area contributed by atoms with Crippen LogP contribution in [-0.4, -0.2) is 31.0 Å². The van der Waals surface area contributed by atoms with Crippen molar-refractivity contribution < 1.29 is 4.79 Å². The van der Waals surface area contributed by atoms with Gasteiger partial charge in [-0.2, -0.15) is 0 Å². The van der Waals surface area contributed by atoms with Gasteiger partial charge in [0.15, 0.2) is 5.13 Å². The summed E-state index contributed by atoms with van der Waals surface area (Å²) in [6.07, 6.45) is 3.69. The van der Waals surface area contributed by atoms with E-state index in [0.717, 1.165) is 30.6 Å². The van der Waals surface area contributed by atoms with Gasteiger partial charge in [0.25, 0.3) is 5.91 Å². The number of hydrogen-bond acceptors (Lipinski definition) is 5. The molecule has 0 aliphatic heterocycles. The molecule has 0 bridgehead atoms. The Kier molecular flexibility index (Phi) is 4.06. The molecule has 0 saturated heterocycles. The van der Waals surface area contributed by atoms with Crippen molar-refractivity contribution in [1.29, 1.82) is 0 Å². The van der Waals surface area contributed by atoms with Crippen LogP contribution >= 0.6 is 11.3 Å². The average molecular weight is 268 g/mol. The van der Waals surface area contributed by atoms with Gasteiger partial charge in [-0.15, -0.1) is 0 Å². The van der Waals surface area contributed by atoms with E-state index in [0.29, 0.717) is 10.7 Å². The van der Waals surface area contributed by atoms with Gasteiger partial charge in [-0.1, -0.05) is 24.2 Å². The molecule has 1 saturated carbocycles. The normalized spacial score (nSPS) is 14.6. The Balaban J connectivity index is 1.93. The summed E-state index contributed by atoms with van der Waals surface area (Å²) in [5.41, 5.74) is 5.79. The van der Waals surface area contributed by atoms with E-state index in [-0.39, 0.29) is 5.91 Å². The van der Waals surface area contributed by atoms with Crippen LogP contribution in [0.4, 0.5) is 10.9 Å². The molecule has 18 heavy (non-hydrogen) atoms.